The highest BCUT2D eigenvalue weighted by Gasteiger charge is 2.36. The molecule has 0 aromatic heterocycles. The molecule has 1 aliphatic carbocycles. The molecule has 3 fully saturated rings. The van der Waals surface area contributed by atoms with Crippen LogP contribution in [-0.2, 0) is 4.79 Å². The van der Waals surface area contributed by atoms with Gasteiger partial charge < -0.3 is 10.2 Å². The van der Waals surface area contributed by atoms with Crippen LogP contribution in [0.4, 0.5) is 0 Å². The van der Waals surface area contributed by atoms with Crippen LogP contribution in [-0.4, -0.2) is 37.0 Å². The molecule has 3 nitrogen and oxygen atoms in total. The highest BCUT2D eigenvalue weighted by molar-refractivity contribution is 5.79. The first-order valence-corrected chi connectivity index (χ1v) is 7.34. The van der Waals surface area contributed by atoms with Crippen LogP contribution in [0.1, 0.15) is 38.5 Å². The van der Waals surface area contributed by atoms with E-state index in [4.69, 9.17) is 0 Å². The summed E-state index contributed by atoms with van der Waals surface area (Å²) in [6.07, 6.45) is 7.35. The van der Waals surface area contributed by atoms with E-state index in [2.05, 4.69) is 10.2 Å². The van der Waals surface area contributed by atoms with E-state index in [1.807, 2.05) is 0 Å². The maximum Gasteiger partial charge on any atom is 0.225 e. The van der Waals surface area contributed by atoms with Crippen LogP contribution in [0.3, 0.4) is 0 Å². The number of rotatable bonds is 1. The van der Waals surface area contributed by atoms with Gasteiger partial charge in [-0.3, -0.25) is 4.79 Å². The predicted octanol–water partition coefficient (Wildman–Crippen LogP) is 1.63. The van der Waals surface area contributed by atoms with E-state index in [9.17, 15) is 4.79 Å². The van der Waals surface area contributed by atoms with Gasteiger partial charge in [0.1, 0.15) is 0 Å². The lowest BCUT2D eigenvalue weighted by Gasteiger charge is -2.37. The Labute approximate surface area is 104 Å². The molecule has 1 saturated carbocycles. The minimum atomic E-state index is 0.356. The Morgan fingerprint density at radius 3 is 2.59 bits per heavy atom. The highest BCUT2D eigenvalue weighted by Crippen LogP contribution is 2.30. The van der Waals surface area contributed by atoms with Crippen molar-refractivity contribution in [2.24, 2.45) is 17.8 Å². The van der Waals surface area contributed by atoms with E-state index < -0.39 is 0 Å². The summed E-state index contributed by atoms with van der Waals surface area (Å²) >= 11 is 0. The van der Waals surface area contributed by atoms with E-state index in [1.165, 1.54) is 32.2 Å². The minimum Gasteiger partial charge on any atom is -0.342 e. The molecule has 96 valence electrons. The molecule has 2 unspecified atom stereocenters. The van der Waals surface area contributed by atoms with Crippen molar-refractivity contribution in [3.63, 3.8) is 0 Å². The molecule has 0 aromatic rings. The number of piperidine rings is 1. The molecule has 0 spiro atoms. The molecule has 2 saturated heterocycles. The van der Waals surface area contributed by atoms with Crippen LogP contribution in [0.15, 0.2) is 0 Å². The molecule has 2 aliphatic heterocycles. The van der Waals surface area contributed by atoms with E-state index in [0.717, 1.165) is 44.3 Å². The van der Waals surface area contributed by atoms with Crippen molar-refractivity contribution in [2.45, 2.75) is 38.5 Å². The van der Waals surface area contributed by atoms with Gasteiger partial charge >= 0.3 is 0 Å². The van der Waals surface area contributed by atoms with Crippen molar-refractivity contribution >= 4 is 5.91 Å². The summed E-state index contributed by atoms with van der Waals surface area (Å²) in [5.41, 5.74) is 0. The van der Waals surface area contributed by atoms with Gasteiger partial charge in [-0.15, -0.1) is 0 Å². The molecule has 1 amide bonds. The summed E-state index contributed by atoms with van der Waals surface area (Å²) in [4.78, 5) is 14.6. The Balaban J connectivity index is 1.58. The average Bonchev–Trinajstić information content (AvgIpc) is 2.86. The fourth-order valence-electron chi connectivity index (χ4n) is 3.84. The summed E-state index contributed by atoms with van der Waals surface area (Å²) in [5, 5.41) is 3.47. The Kier molecular flexibility index (Phi) is 3.37. The third kappa shape index (κ3) is 2.35. The topological polar surface area (TPSA) is 32.3 Å². The second-order valence-corrected chi connectivity index (χ2v) is 6.09. The minimum absolute atomic E-state index is 0.356. The number of carbonyl (C=O) groups is 1. The zero-order valence-electron chi connectivity index (χ0n) is 10.7. The Bertz CT molecular complexity index is 286. The number of hydrogen-bond acceptors (Lipinski definition) is 2. The summed E-state index contributed by atoms with van der Waals surface area (Å²) < 4.78 is 0. The molecule has 2 heterocycles. The fourth-order valence-corrected chi connectivity index (χ4v) is 3.84. The summed E-state index contributed by atoms with van der Waals surface area (Å²) in [6, 6.07) is 0. The third-order valence-electron chi connectivity index (χ3n) is 4.97. The standard InChI is InChI=1S/C14H24N2O/c17-14(11-4-2-1-3-5-11)16-7-6-12-8-15-9-13(12)10-16/h11-13,15H,1-10H2. The summed E-state index contributed by atoms with van der Waals surface area (Å²) in [6.45, 7) is 4.33. The van der Waals surface area contributed by atoms with Crippen molar-refractivity contribution in [2.75, 3.05) is 26.2 Å². The first kappa shape index (κ1) is 11.5. The number of fused-ring (bicyclic) bond motifs is 1. The number of amides is 1. The quantitative estimate of drug-likeness (QED) is 0.750. The number of carbonyl (C=O) groups excluding carboxylic acids is 1. The molecule has 2 atom stereocenters. The smallest absolute Gasteiger partial charge is 0.225 e. The third-order valence-corrected chi connectivity index (χ3v) is 4.97. The van der Waals surface area contributed by atoms with Crippen LogP contribution in [0.5, 0.6) is 0 Å². The second-order valence-electron chi connectivity index (χ2n) is 6.09. The van der Waals surface area contributed by atoms with Gasteiger partial charge in [0.25, 0.3) is 0 Å². The Hall–Kier alpha value is -0.570. The lowest BCUT2D eigenvalue weighted by atomic mass is 9.85. The van der Waals surface area contributed by atoms with Gasteiger partial charge in [-0.05, 0) is 44.2 Å². The molecule has 0 bridgehead atoms. The maximum atomic E-state index is 12.4. The van der Waals surface area contributed by atoms with E-state index in [0.29, 0.717) is 11.8 Å². The summed E-state index contributed by atoms with van der Waals surface area (Å²) in [7, 11) is 0. The molecule has 3 rings (SSSR count). The number of nitrogens with one attached hydrogen (secondary N) is 1. The van der Waals surface area contributed by atoms with Gasteiger partial charge in [0.15, 0.2) is 0 Å². The molecule has 1 N–H and O–H groups in total. The maximum absolute atomic E-state index is 12.4. The average molecular weight is 236 g/mol. The van der Waals surface area contributed by atoms with Gasteiger partial charge in [0.05, 0.1) is 0 Å². The van der Waals surface area contributed by atoms with Crippen molar-refractivity contribution in [3.8, 4) is 0 Å². The van der Waals surface area contributed by atoms with Gasteiger partial charge in [0, 0.05) is 19.0 Å². The molecule has 3 heteroatoms. The first-order chi connectivity index (χ1) is 8.34. The molecule has 3 aliphatic rings. The SMILES string of the molecule is O=C(C1CCCCC1)N1CCC2CNCC2C1. The number of hydrogen-bond donors (Lipinski definition) is 1. The van der Waals surface area contributed by atoms with Crippen LogP contribution >= 0.6 is 0 Å². The lowest BCUT2D eigenvalue weighted by molar-refractivity contribution is -0.138. The van der Waals surface area contributed by atoms with E-state index >= 15 is 0 Å². The van der Waals surface area contributed by atoms with Crippen molar-refractivity contribution < 1.29 is 4.79 Å². The van der Waals surface area contributed by atoms with Crippen LogP contribution < -0.4 is 5.32 Å². The van der Waals surface area contributed by atoms with Crippen molar-refractivity contribution in [1.82, 2.24) is 10.2 Å². The van der Waals surface area contributed by atoms with Crippen molar-refractivity contribution in [1.29, 1.82) is 0 Å². The molecular formula is C14H24N2O. The second kappa shape index (κ2) is 4.97. The zero-order valence-corrected chi connectivity index (χ0v) is 10.7. The predicted molar refractivity (Wildman–Crippen MR) is 67.6 cm³/mol. The number of likely N-dealkylation sites (tertiary alicyclic amines) is 1. The fraction of sp³-hybridized carbons (Fsp3) is 0.929. The Morgan fingerprint density at radius 1 is 1.00 bits per heavy atom. The van der Waals surface area contributed by atoms with E-state index in [1.54, 1.807) is 0 Å². The molecular weight excluding hydrogens is 212 g/mol. The van der Waals surface area contributed by atoms with E-state index in [-0.39, 0.29) is 0 Å². The molecule has 17 heavy (non-hydrogen) atoms. The molecule has 0 aromatic carbocycles. The van der Waals surface area contributed by atoms with Crippen LogP contribution in [0.25, 0.3) is 0 Å². The first-order valence-electron chi connectivity index (χ1n) is 7.34. The van der Waals surface area contributed by atoms with Crippen LogP contribution in [0, 0.1) is 17.8 Å². The van der Waals surface area contributed by atoms with Gasteiger partial charge in [-0.2, -0.15) is 0 Å². The van der Waals surface area contributed by atoms with Gasteiger partial charge in [0.2, 0.25) is 5.91 Å². The molecule has 0 radical (unpaired) electrons. The largest absolute Gasteiger partial charge is 0.342 e. The Morgan fingerprint density at radius 2 is 1.76 bits per heavy atom. The summed E-state index contributed by atoms with van der Waals surface area (Å²) in [5.74, 6) is 2.39. The van der Waals surface area contributed by atoms with Crippen LogP contribution in [0.2, 0.25) is 0 Å². The van der Waals surface area contributed by atoms with Gasteiger partial charge in [-0.1, -0.05) is 19.3 Å². The lowest BCUT2D eigenvalue weighted by Crippen LogP contribution is -2.46. The number of nitrogens with zero attached hydrogens (tertiary/aromatic N) is 1. The normalized spacial score (nSPS) is 34.7. The van der Waals surface area contributed by atoms with Crippen molar-refractivity contribution in [3.05, 3.63) is 0 Å². The zero-order chi connectivity index (χ0) is 11.7. The van der Waals surface area contributed by atoms with Gasteiger partial charge in [-0.25, -0.2) is 0 Å². The monoisotopic (exact) mass is 236 g/mol. The highest BCUT2D eigenvalue weighted by atomic mass is 16.2.